The Balaban J connectivity index is 1.84. The molecule has 0 bridgehead atoms. The van der Waals surface area contributed by atoms with E-state index in [4.69, 9.17) is 5.73 Å². The number of hydrogen-bond donors (Lipinski definition) is 1. The van der Waals surface area contributed by atoms with Crippen LogP contribution in [0.3, 0.4) is 0 Å². The fraction of sp³-hybridized carbons (Fsp3) is 0.667. The molecule has 0 aliphatic carbocycles. The van der Waals surface area contributed by atoms with Crippen LogP contribution in [0.2, 0.25) is 0 Å². The van der Waals surface area contributed by atoms with E-state index in [0.717, 1.165) is 6.54 Å². The number of likely N-dealkylation sites (tertiary alicyclic amines) is 1. The maximum absolute atomic E-state index is 6.19. The second kappa shape index (κ2) is 5.64. The average molecular weight is 224 g/mol. The van der Waals surface area contributed by atoms with E-state index < -0.39 is 0 Å². The zero-order valence-electron chi connectivity index (χ0n) is 9.19. The number of rotatable bonds is 3. The Kier molecular flexibility index (Phi) is 4.18. The van der Waals surface area contributed by atoms with Crippen molar-refractivity contribution < 1.29 is 0 Å². The van der Waals surface area contributed by atoms with Crippen LogP contribution in [-0.2, 0) is 0 Å². The molecule has 0 radical (unpaired) electrons. The van der Waals surface area contributed by atoms with Crippen LogP contribution >= 0.6 is 11.3 Å². The summed E-state index contributed by atoms with van der Waals surface area (Å²) in [6, 6.07) is 4.44. The summed E-state index contributed by atoms with van der Waals surface area (Å²) < 4.78 is 0. The van der Waals surface area contributed by atoms with Crippen molar-refractivity contribution in [3.63, 3.8) is 0 Å². The summed E-state index contributed by atoms with van der Waals surface area (Å²) in [5, 5.41) is 2.11. The smallest absolute Gasteiger partial charge is 0.0519 e. The van der Waals surface area contributed by atoms with Gasteiger partial charge in [-0.1, -0.05) is 18.9 Å². The molecule has 1 unspecified atom stereocenters. The van der Waals surface area contributed by atoms with E-state index in [-0.39, 0.29) is 6.04 Å². The first-order valence-corrected chi connectivity index (χ1v) is 6.75. The maximum atomic E-state index is 6.19. The van der Waals surface area contributed by atoms with Gasteiger partial charge in [0.15, 0.2) is 0 Å². The Labute approximate surface area is 96.1 Å². The van der Waals surface area contributed by atoms with E-state index in [0.29, 0.717) is 0 Å². The van der Waals surface area contributed by atoms with Crippen LogP contribution in [0.25, 0.3) is 0 Å². The SMILES string of the molecule is NC(CN1CCCCCC1)c1cccs1. The first-order chi connectivity index (χ1) is 7.36. The molecule has 1 aliphatic heterocycles. The third-order valence-corrected chi connectivity index (χ3v) is 4.07. The predicted octanol–water partition coefficient (Wildman–Crippen LogP) is 2.62. The largest absolute Gasteiger partial charge is 0.322 e. The van der Waals surface area contributed by atoms with Gasteiger partial charge in [-0.05, 0) is 37.4 Å². The Morgan fingerprint density at radius 1 is 1.27 bits per heavy atom. The summed E-state index contributed by atoms with van der Waals surface area (Å²) in [5.74, 6) is 0. The molecular formula is C12H20N2S. The molecule has 15 heavy (non-hydrogen) atoms. The highest BCUT2D eigenvalue weighted by Crippen LogP contribution is 2.19. The molecule has 1 fully saturated rings. The van der Waals surface area contributed by atoms with E-state index in [1.807, 2.05) is 0 Å². The molecule has 84 valence electrons. The fourth-order valence-corrected chi connectivity index (χ4v) is 2.91. The molecule has 1 atom stereocenters. The molecule has 2 heterocycles. The minimum Gasteiger partial charge on any atom is -0.322 e. The lowest BCUT2D eigenvalue weighted by atomic mass is 10.2. The fourth-order valence-electron chi connectivity index (χ4n) is 2.19. The van der Waals surface area contributed by atoms with Gasteiger partial charge in [0.05, 0.1) is 6.04 Å². The van der Waals surface area contributed by atoms with Crippen molar-refractivity contribution in [3.8, 4) is 0 Å². The van der Waals surface area contributed by atoms with Crippen molar-refractivity contribution in [1.82, 2.24) is 4.90 Å². The third-order valence-electron chi connectivity index (χ3n) is 3.06. The Morgan fingerprint density at radius 3 is 2.60 bits per heavy atom. The summed E-state index contributed by atoms with van der Waals surface area (Å²) in [7, 11) is 0. The quantitative estimate of drug-likeness (QED) is 0.855. The van der Waals surface area contributed by atoms with Gasteiger partial charge in [-0.15, -0.1) is 11.3 Å². The molecule has 2 N–H and O–H groups in total. The molecule has 1 saturated heterocycles. The summed E-state index contributed by atoms with van der Waals surface area (Å²) >= 11 is 1.77. The maximum Gasteiger partial charge on any atom is 0.0519 e. The van der Waals surface area contributed by atoms with Gasteiger partial charge in [0, 0.05) is 11.4 Å². The molecule has 1 aromatic rings. The van der Waals surface area contributed by atoms with Gasteiger partial charge in [0.1, 0.15) is 0 Å². The van der Waals surface area contributed by atoms with Crippen LogP contribution in [0.4, 0.5) is 0 Å². The minimum absolute atomic E-state index is 0.211. The zero-order valence-corrected chi connectivity index (χ0v) is 10.0. The molecule has 2 nitrogen and oxygen atoms in total. The molecule has 3 heteroatoms. The van der Waals surface area contributed by atoms with E-state index in [2.05, 4.69) is 22.4 Å². The van der Waals surface area contributed by atoms with Crippen molar-refractivity contribution >= 4 is 11.3 Å². The van der Waals surface area contributed by atoms with Crippen LogP contribution in [0.5, 0.6) is 0 Å². The lowest BCUT2D eigenvalue weighted by Gasteiger charge is -2.23. The van der Waals surface area contributed by atoms with Crippen LogP contribution in [-0.4, -0.2) is 24.5 Å². The zero-order chi connectivity index (χ0) is 10.5. The lowest BCUT2D eigenvalue weighted by Crippen LogP contribution is -2.32. The summed E-state index contributed by atoms with van der Waals surface area (Å²) in [4.78, 5) is 3.84. The van der Waals surface area contributed by atoms with E-state index in [1.165, 1.54) is 43.6 Å². The van der Waals surface area contributed by atoms with Crippen LogP contribution < -0.4 is 5.73 Å². The highest BCUT2D eigenvalue weighted by Gasteiger charge is 2.14. The first kappa shape index (κ1) is 11.1. The number of nitrogens with zero attached hydrogens (tertiary/aromatic N) is 1. The molecule has 2 rings (SSSR count). The predicted molar refractivity (Wildman–Crippen MR) is 66.2 cm³/mol. The normalized spacial score (nSPS) is 21.1. The number of nitrogens with two attached hydrogens (primary N) is 1. The van der Waals surface area contributed by atoms with E-state index in [1.54, 1.807) is 11.3 Å². The Bertz CT molecular complexity index is 263. The van der Waals surface area contributed by atoms with E-state index >= 15 is 0 Å². The average Bonchev–Trinajstić information content (AvgIpc) is 2.65. The van der Waals surface area contributed by atoms with Crippen molar-refractivity contribution in [2.45, 2.75) is 31.7 Å². The molecule has 1 aliphatic rings. The topological polar surface area (TPSA) is 29.3 Å². The standard InChI is InChI=1S/C12H20N2S/c13-11(12-6-5-9-15-12)10-14-7-3-1-2-4-8-14/h5-6,9,11H,1-4,7-8,10,13H2. The Morgan fingerprint density at radius 2 is 2.00 bits per heavy atom. The molecule has 1 aromatic heterocycles. The van der Waals surface area contributed by atoms with Crippen molar-refractivity contribution in [3.05, 3.63) is 22.4 Å². The lowest BCUT2D eigenvalue weighted by molar-refractivity contribution is 0.269. The molecule has 0 saturated carbocycles. The van der Waals surface area contributed by atoms with Gasteiger partial charge in [0.25, 0.3) is 0 Å². The summed E-state index contributed by atoms with van der Waals surface area (Å²) in [5.41, 5.74) is 6.19. The Hall–Kier alpha value is -0.380. The van der Waals surface area contributed by atoms with Gasteiger partial charge in [-0.2, -0.15) is 0 Å². The van der Waals surface area contributed by atoms with Crippen molar-refractivity contribution in [2.75, 3.05) is 19.6 Å². The molecule has 0 spiro atoms. The van der Waals surface area contributed by atoms with Crippen molar-refractivity contribution in [2.24, 2.45) is 5.73 Å². The van der Waals surface area contributed by atoms with Crippen LogP contribution in [0.1, 0.15) is 36.6 Å². The summed E-state index contributed by atoms with van der Waals surface area (Å²) in [6.45, 7) is 3.50. The van der Waals surface area contributed by atoms with Gasteiger partial charge in [-0.3, -0.25) is 0 Å². The van der Waals surface area contributed by atoms with Gasteiger partial charge >= 0.3 is 0 Å². The molecular weight excluding hydrogens is 204 g/mol. The number of hydrogen-bond acceptors (Lipinski definition) is 3. The minimum atomic E-state index is 0.211. The van der Waals surface area contributed by atoms with Gasteiger partial charge < -0.3 is 10.6 Å². The second-order valence-corrected chi connectivity index (χ2v) is 5.32. The van der Waals surface area contributed by atoms with Crippen LogP contribution in [0.15, 0.2) is 17.5 Å². The third kappa shape index (κ3) is 3.30. The van der Waals surface area contributed by atoms with E-state index in [9.17, 15) is 0 Å². The second-order valence-electron chi connectivity index (χ2n) is 4.34. The van der Waals surface area contributed by atoms with Crippen molar-refractivity contribution in [1.29, 1.82) is 0 Å². The van der Waals surface area contributed by atoms with Gasteiger partial charge in [-0.25, -0.2) is 0 Å². The molecule has 0 aromatic carbocycles. The van der Waals surface area contributed by atoms with Gasteiger partial charge in [0.2, 0.25) is 0 Å². The summed E-state index contributed by atoms with van der Waals surface area (Å²) in [6.07, 6.45) is 5.48. The molecule has 0 amide bonds. The number of thiophene rings is 1. The highest BCUT2D eigenvalue weighted by molar-refractivity contribution is 7.10. The monoisotopic (exact) mass is 224 g/mol. The first-order valence-electron chi connectivity index (χ1n) is 5.87. The highest BCUT2D eigenvalue weighted by atomic mass is 32.1. The van der Waals surface area contributed by atoms with Crippen LogP contribution in [0, 0.1) is 0 Å².